The summed E-state index contributed by atoms with van der Waals surface area (Å²) in [6, 6.07) is 4.19. The van der Waals surface area contributed by atoms with Crippen LogP contribution >= 0.6 is 15.9 Å². The summed E-state index contributed by atoms with van der Waals surface area (Å²) >= 11 is 3.51. The third-order valence-electron chi connectivity index (χ3n) is 2.48. The van der Waals surface area contributed by atoms with Crippen LogP contribution in [0.25, 0.3) is 0 Å². The summed E-state index contributed by atoms with van der Waals surface area (Å²) in [6.07, 6.45) is 3.93. The topological polar surface area (TPSA) is 21.3 Å². The molecule has 0 radical (unpaired) electrons. The van der Waals surface area contributed by atoms with Crippen molar-refractivity contribution < 1.29 is 4.74 Å². The lowest BCUT2D eigenvalue weighted by atomic mass is 10.1. The number of ether oxygens (including phenoxy) is 1. The molecule has 0 saturated heterocycles. The quantitative estimate of drug-likeness (QED) is 0.610. The van der Waals surface area contributed by atoms with Gasteiger partial charge in [-0.15, -0.1) is 6.58 Å². The standard InChI is InChI=1S/C14H20BrNO/c1-4-5-6-7-17-14-11(2)8-13(15)9-12(14)10-16-3/h4,8-9,16H,1,5-7,10H2,2-3H3. The second kappa shape index (κ2) is 7.51. The van der Waals surface area contributed by atoms with Gasteiger partial charge in [-0.3, -0.25) is 0 Å². The van der Waals surface area contributed by atoms with E-state index in [1.54, 1.807) is 0 Å². The van der Waals surface area contributed by atoms with Crippen molar-refractivity contribution in [2.75, 3.05) is 13.7 Å². The summed E-state index contributed by atoms with van der Waals surface area (Å²) in [5, 5.41) is 3.16. The van der Waals surface area contributed by atoms with Crippen molar-refractivity contribution in [1.29, 1.82) is 0 Å². The third kappa shape index (κ3) is 4.52. The van der Waals surface area contributed by atoms with E-state index in [4.69, 9.17) is 4.74 Å². The van der Waals surface area contributed by atoms with Crippen molar-refractivity contribution in [3.8, 4) is 5.75 Å². The Bertz CT molecular complexity index is 377. The number of allylic oxidation sites excluding steroid dienone is 1. The first kappa shape index (κ1) is 14.3. The molecule has 0 spiro atoms. The van der Waals surface area contributed by atoms with Gasteiger partial charge < -0.3 is 10.1 Å². The zero-order valence-electron chi connectivity index (χ0n) is 10.6. The Balaban J connectivity index is 2.76. The van der Waals surface area contributed by atoms with Crippen molar-refractivity contribution >= 4 is 15.9 Å². The number of rotatable bonds is 7. The molecule has 0 bridgehead atoms. The highest BCUT2D eigenvalue weighted by Crippen LogP contribution is 2.28. The van der Waals surface area contributed by atoms with Crippen molar-refractivity contribution in [3.05, 3.63) is 40.4 Å². The summed E-state index contributed by atoms with van der Waals surface area (Å²) in [5.74, 6) is 1.01. The monoisotopic (exact) mass is 297 g/mol. The van der Waals surface area contributed by atoms with Gasteiger partial charge in [-0.1, -0.05) is 22.0 Å². The highest BCUT2D eigenvalue weighted by molar-refractivity contribution is 9.10. The molecular weight excluding hydrogens is 278 g/mol. The van der Waals surface area contributed by atoms with Crippen LogP contribution < -0.4 is 10.1 Å². The van der Waals surface area contributed by atoms with Crippen LogP contribution in [0, 0.1) is 6.92 Å². The van der Waals surface area contributed by atoms with Gasteiger partial charge in [-0.05, 0) is 44.5 Å². The fourth-order valence-electron chi connectivity index (χ4n) is 1.73. The van der Waals surface area contributed by atoms with Crippen LogP contribution in [-0.4, -0.2) is 13.7 Å². The molecule has 0 unspecified atom stereocenters. The lowest BCUT2D eigenvalue weighted by molar-refractivity contribution is 0.306. The molecule has 1 aromatic rings. The fourth-order valence-corrected chi connectivity index (χ4v) is 2.35. The van der Waals surface area contributed by atoms with E-state index in [1.807, 2.05) is 13.1 Å². The number of halogens is 1. The Morgan fingerprint density at radius 1 is 1.47 bits per heavy atom. The van der Waals surface area contributed by atoms with E-state index in [0.29, 0.717) is 0 Å². The van der Waals surface area contributed by atoms with Gasteiger partial charge in [-0.25, -0.2) is 0 Å². The van der Waals surface area contributed by atoms with Crippen LogP contribution in [0.1, 0.15) is 24.0 Å². The van der Waals surface area contributed by atoms with Crippen LogP contribution in [0.2, 0.25) is 0 Å². The predicted octanol–water partition coefficient (Wildman–Crippen LogP) is 3.82. The molecule has 0 fully saturated rings. The minimum atomic E-state index is 0.741. The molecule has 0 atom stereocenters. The summed E-state index contributed by atoms with van der Waals surface area (Å²) in [7, 11) is 1.94. The van der Waals surface area contributed by atoms with Gasteiger partial charge in [0.15, 0.2) is 0 Å². The molecule has 1 aromatic carbocycles. The summed E-state index contributed by atoms with van der Waals surface area (Å²) in [5.41, 5.74) is 2.36. The number of hydrogen-bond acceptors (Lipinski definition) is 2. The van der Waals surface area contributed by atoms with Crippen LogP contribution in [0.3, 0.4) is 0 Å². The average Bonchev–Trinajstić information content (AvgIpc) is 2.27. The zero-order valence-corrected chi connectivity index (χ0v) is 12.1. The van der Waals surface area contributed by atoms with Gasteiger partial charge in [0.25, 0.3) is 0 Å². The Hall–Kier alpha value is -0.800. The molecule has 0 saturated carbocycles. The normalized spacial score (nSPS) is 10.3. The van der Waals surface area contributed by atoms with Gasteiger partial charge in [0.2, 0.25) is 0 Å². The van der Waals surface area contributed by atoms with Crippen LogP contribution in [0.5, 0.6) is 5.75 Å². The van der Waals surface area contributed by atoms with Gasteiger partial charge in [0, 0.05) is 16.6 Å². The second-order valence-corrected chi connectivity index (χ2v) is 4.94. The van der Waals surface area contributed by atoms with Gasteiger partial charge in [-0.2, -0.15) is 0 Å². The molecule has 0 heterocycles. The van der Waals surface area contributed by atoms with Gasteiger partial charge in [0.05, 0.1) is 6.61 Å². The molecular formula is C14H20BrNO. The lowest BCUT2D eigenvalue weighted by Crippen LogP contribution is -2.09. The molecule has 0 amide bonds. The van der Waals surface area contributed by atoms with E-state index in [0.717, 1.165) is 36.2 Å². The second-order valence-electron chi connectivity index (χ2n) is 4.02. The first-order valence-electron chi connectivity index (χ1n) is 5.86. The smallest absolute Gasteiger partial charge is 0.126 e. The molecule has 0 aliphatic heterocycles. The highest BCUT2D eigenvalue weighted by Gasteiger charge is 2.08. The lowest BCUT2D eigenvalue weighted by Gasteiger charge is -2.14. The number of aryl methyl sites for hydroxylation is 1. The summed E-state index contributed by atoms with van der Waals surface area (Å²) in [6.45, 7) is 7.34. The van der Waals surface area contributed by atoms with Gasteiger partial charge in [0.1, 0.15) is 5.75 Å². The predicted molar refractivity (Wildman–Crippen MR) is 76.6 cm³/mol. The van der Waals surface area contributed by atoms with Crippen LogP contribution in [-0.2, 0) is 6.54 Å². The summed E-state index contributed by atoms with van der Waals surface area (Å²) in [4.78, 5) is 0. The maximum atomic E-state index is 5.87. The SMILES string of the molecule is C=CCCCOc1c(C)cc(Br)cc1CNC. The molecule has 17 heavy (non-hydrogen) atoms. The van der Waals surface area contributed by atoms with E-state index in [-0.39, 0.29) is 0 Å². The fraction of sp³-hybridized carbons (Fsp3) is 0.429. The minimum Gasteiger partial charge on any atom is -0.493 e. The molecule has 2 nitrogen and oxygen atoms in total. The number of unbranched alkanes of at least 4 members (excludes halogenated alkanes) is 1. The molecule has 1 N–H and O–H groups in total. The van der Waals surface area contributed by atoms with Crippen molar-refractivity contribution in [1.82, 2.24) is 5.32 Å². The highest BCUT2D eigenvalue weighted by atomic mass is 79.9. The van der Waals surface area contributed by atoms with Gasteiger partial charge >= 0.3 is 0 Å². The maximum Gasteiger partial charge on any atom is 0.126 e. The molecule has 3 heteroatoms. The largest absolute Gasteiger partial charge is 0.493 e. The van der Waals surface area contributed by atoms with E-state index in [1.165, 1.54) is 11.1 Å². The van der Waals surface area contributed by atoms with Crippen molar-refractivity contribution in [2.45, 2.75) is 26.3 Å². The minimum absolute atomic E-state index is 0.741. The Morgan fingerprint density at radius 2 is 2.24 bits per heavy atom. The van der Waals surface area contributed by atoms with Crippen LogP contribution in [0.15, 0.2) is 29.3 Å². The Morgan fingerprint density at radius 3 is 2.88 bits per heavy atom. The van der Waals surface area contributed by atoms with E-state index in [2.05, 4.69) is 46.9 Å². The molecule has 0 aliphatic carbocycles. The van der Waals surface area contributed by atoms with E-state index >= 15 is 0 Å². The van der Waals surface area contributed by atoms with E-state index in [9.17, 15) is 0 Å². The van der Waals surface area contributed by atoms with E-state index < -0.39 is 0 Å². The maximum absolute atomic E-state index is 5.87. The number of hydrogen-bond donors (Lipinski definition) is 1. The van der Waals surface area contributed by atoms with Crippen LogP contribution in [0.4, 0.5) is 0 Å². The molecule has 94 valence electrons. The number of nitrogens with one attached hydrogen (secondary N) is 1. The summed E-state index contributed by atoms with van der Waals surface area (Å²) < 4.78 is 6.96. The zero-order chi connectivity index (χ0) is 12.7. The Kier molecular flexibility index (Phi) is 6.30. The first-order chi connectivity index (χ1) is 8.19. The Labute approximate surface area is 112 Å². The van der Waals surface area contributed by atoms with Crippen molar-refractivity contribution in [3.63, 3.8) is 0 Å². The number of benzene rings is 1. The molecule has 0 aliphatic rings. The first-order valence-corrected chi connectivity index (χ1v) is 6.65. The molecule has 0 aromatic heterocycles. The average molecular weight is 298 g/mol. The third-order valence-corrected chi connectivity index (χ3v) is 2.94. The molecule has 1 rings (SSSR count). The van der Waals surface area contributed by atoms with Crippen molar-refractivity contribution in [2.24, 2.45) is 0 Å².